The molecule has 112 valence electrons. The fourth-order valence-corrected chi connectivity index (χ4v) is 2.76. The second-order valence-electron chi connectivity index (χ2n) is 5.37. The van der Waals surface area contributed by atoms with Gasteiger partial charge in [0.25, 0.3) is 0 Å². The molecule has 0 aliphatic carbocycles. The molecule has 1 N–H and O–H groups in total. The van der Waals surface area contributed by atoms with Crippen LogP contribution in [0.5, 0.6) is 0 Å². The number of nitrogens with zero attached hydrogens (tertiary/aromatic N) is 1. The van der Waals surface area contributed by atoms with Crippen LogP contribution in [0.3, 0.4) is 0 Å². The normalized spacial score (nSPS) is 19.2. The van der Waals surface area contributed by atoms with E-state index in [1.165, 1.54) is 11.9 Å². The first kappa shape index (κ1) is 16.3. The lowest BCUT2D eigenvalue weighted by atomic mass is 9.74. The van der Waals surface area contributed by atoms with Crippen molar-refractivity contribution >= 4 is 5.91 Å². The monoisotopic (exact) mass is 280 g/mol. The van der Waals surface area contributed by atoms with Gasteiger partial charge in [0, 0.05) is 13.6 Å². The van der Waals surface area contributed by atoms with Crippen LogP contribution in [-0.2, 0) is 4.79 Å². The van der Waals surface area contributed by atoms with Crippen LogP contribution in [0.25, 0.3) is 0 Å². The zero-order valence-corrected chi connectivity index (χ0v) is 11.6. The maximum atomic E-state index is 12.5. The van der Waals surface area contributed by atoms with Crippen LogP contribution in [0, 0.1) is 5.41 Å². The van der Waals surface area contributed by atoms with Crippen molar-refractivity contribution < 1.29 is 18.0 Å². The van der Waals surface area contributed by atoms with E-state index in [4.69, 9.17) is 0 Å². The molecule has 0 saturated carbocycles. The molecule has 1 amide bonds. The van der Waals surface area contributed by atoms with Gasteiger partial charge in [-0.3, -0.25) is 4.79 Å². The minimum atomic E-state index is -4.21. The minimum absolute atomic E-state index is 0.125. The van der Waals surface area contributed by atoms with Crippen LogP contribution in [0.4, 0.5) is 13.2 Å². The van der Waals surface area contributed by atoms with Crippen molar-refractivity contribution in [3.63, 3.8) is 0 Å². The van der Waals surface area contributed by atoms with E-state index in [1.54, 1.807) is 0 Å². The van der Waals surface area contributed by atoms with Gasteiger partial charge in [0.2, 0.25) is 5.91 Å². The predicted octanol–water partition coefficient (Wildman–Crippen LogP) is 2.57. The Kier molecular flexibility index (Phi) is 5.64. The van der Waals surface area contributed by atoms with Crippen LogP contribution in [0.2, 0.25) is 0 Å². The summed E-state index contributed by atoms with van der Waals surface area (Å²) in [4.78, 5) is 13.7. The summed E-state index contributed by atoms with van der Waals surface area (Å²) in [6, 6.07) is 0. The summed E-state index contributed by atoms with van der Waals surface area (Å²) in [7, 11) is 1.48. The molecule has 0 atom stereocenters. The van der Waals surface area contributed by atoms with Gasteiger partial charge >= 0.3 is 6.18 Å². The van der Waals surface area contributed by atoms with Crippen molar-refractivity contribution in [3.8, 4) is 0 Å². The Morgan fingerprint density at radius 1 is 1.32 bits per heavy atom. The molecule has 1 heterocycles. The number of piperidine rings is 1. The summed E-state index contributed by atoms with van der Waals surface area (Å²) in [5, 5.41) is 3.20. The first-order valence-corrected chi connectivity index (χ1v) is 6.84. The van der Waals surface area contributed by atoms with Crippen molar-refractivity contribution in [2.75, 3.05) is 26.7 Å². The molecule has 6 heteroatoms. The number of amides is 1. The molecule has 1 rings (SSSR count). The number of hydrogen-bond donors (Lipinski definition) is 1. The van der Waals surface area contributed by atoms with E-state index >= 15 is 0 Å². The largest absolute Gasteiger partial charge is 0.390 e. The zero-order valence-electron chi connectivity index (χ0n) is 11.6. The average Bonchev–Trinajstić information content (AvgIpc) is 2.35. The third-order valence-corrected chi connectivity index (χ3v) is 3.82. The number of alkyl halides is 3. The highest BCUT2D eigenvalue weighted by molar-refractivity contribution is 5.82. The fraction of sp³-hybridized carbons (Fsp3) is 0.923. The van der Waals surface area contributed by atoms with E-state index in [1.807, 2.05) is 6.92 Å². The standard InChI is InChI=1S/C13H23F3N2O/c1-3-4-12(5-8-17-9-6-12)11(19)18(2)10-7-13(14,15)16/h17H,3-10H2,1-2H3. The van der Waals surface area contributed by atoms with Crippen molar-refractivity contribution in [2.24, 2.45) is 5.41 Å². The van der Waals surface area contributed by atoms with Gasteiger partial charge in [-0.2, -0.15) is 13.2 Å². The number of carbonyl (C=O) groups is 1. The Morgan fingerprint density at radius 2 is 1.89 bits per heavy atom. The molecule has 1 aliphatic heterocycles. The summed E-state index contributed by atoms with van der Waals surface area (Å²) in [6.45, 7) is 3.28. The lowest BCUT2D eigenvalue weighted by Gasteiger charge is -2.39. The molecule has 1 aliphatic rings. The van der Waals surface area contributed by atoms with Crippen molar-refractivity contribution in [1.82, 2.24) is 10.2 Å². The number of nitrogens with one attached hydrogen (secondary N) is 1. The quantitative estimate of drug-likeness (QED) is 0.839. The maximum Gasteiger partial charge on any atom is 0.390 e. The van der Waals surface area contributed by atoms with Crippen molar-refractivity contribution in [3.05, 3.63) is 0 Å². The van der Waals surface area contributed by atoms with Crippen LogP contribution in [-0.4, -0.2) is 43.7 Å². The van der Waals surface area contributed by atoms with E-state index in [0.29, 0.717) is 0 Å². The van der Waals surface area contributed by atoms with Crippen molar-refractivity contribution in [1.29, 1.82) is 0 Å². The highest BCUT2D eigenvalue weighted by Gasteiger charge is 2.40. The highest BCUT2D eigenvalue weighted by Crippen LogP contribution is 2.36. The molecule has 3 nitrogen and oxygen atoms in total. The van der Waals surface area contributed by atoms with Crippen LogP contribution in [0.1, 0.15) is 39.0 Å². The van der Waals surface area contributed by atoms with E-state index in [0.717, 1.165) is 38.8 Å². The number of carbonyl (C=O) groups excluding carboxylic acids is 1. The molecule has 0 radical (unpaired) electrons. The van der Waals surface area contributed by atoms with Gasteiger partial charge in [-0.1, -0.05) is 13.3 Å². The number of halogens is 3. The van der Waals surface area contributed by atoms with Gasteiger partial charge in [-0.15, -0.1) is 0 Å². The molecule has 0 aromatic rings. The first-order chi connectivity index (χ1) is 8.81. The minimum Gasteiger partial charge on any atom is -0.345 e. The number of rotatable bonds is 5. The van der Waals surface area contributed by atoms with Crippen LogP contribution >= 0.6 is 0 Å². The maximum absolute atomic E-state index is 12.5. The molecule has 1 fully saturated rings. The van der Waals surface area contributed by atoms with Gasteiger partial charge in [-0.05, 0) is 32.4 Å². The lowest BCUT2D eigenvalue weighted by molar-refractivity contribution is -0.151. The molecule has 19 heavy (non-hydrogen) atoms. The summed E-state index contributed by atoms with van der Waals surface area (Å²) >= 11 is 0. The fourth-order valence-electron chi connectivity index (χ4n) is 2.76. The van der Waals surface area contributed by atoms with E-state index < -0.39 is 18.0 Å². The van der Waals surface area contributed by atoms with Gasteiger partial charge < -0.3 is 10.2 Å². The zero-order chi connectivity index (χ0) is 14.5. The predicted molar refractivity (Wildman–Crippen MR) is 67.8 cm³/mol. The SMILES string of the molecule is CCCC1(C(=O)N(C)CCC(F)(F)F)CCNCC1. The molecule has 0 aromatic carbocycles. The van der Waals surface area contributed by atoms with Gasteiger partial charge in [0.1, 0.15) is 0 Å². The van der Waals surface area contributed by atoms with E-state index in [9.17, 15) is 18.0 Å². The molecule has 1 saturated heterocycles. The van der Waals surface area contributed by atoms with Crippen molar-refractivity contribution in [2.45, 2.75) is 45.2 Å². The van der Waals surface area contributed by atoms with Gasteiger partial charge in [0.05, 0.1) is 11.8 Å². The Hall–Kier alpha value is -0.780. The highest BCUT2D eigenvalue weighted by atomic mass is 19.4. The molecule has 0 bridgehead atoms. The third-order valence-electron chi connectivity index (χ3n) is 3.82. The van der Waals surface area contributed by atoms with Gasteiger partial charge in [-0.25, -0.2) is 0 Å². The molecule has 0 aromatic heterocycles. The Labute approximate surface area is 112 Å². The Balaban J connectivity index is 2.65. The average molecular weight is 280 g/mol. The topological polar surface area (TPSA) is 32.3 Å². The second-order valence-corrected chi connectivity index (χ2v) is 5.37. The van der Waals surface area contributed by atoms with Crippen LogP contribution < -0.4 is 5.32 Å². The molecular weight excluding hydrogens is 257 g/mol. The third kappa shape index (κ3) is 4.67. The summed E-state index contributed by atoms with van der Waals surface area (Å²) < 4.78 is 36.7. The summed E-state index contributed by atoms with van der Waals surface area (Å²) in [5.74, 6) is -0.125. The Morgan fingerprint density at radius 3 is 2.37 bits per heavy atom. The second kappa shape index (κ2) is 6.59. The summed E-state index contributed by atoms with van der Waals surface area (Å²) in [6.07, 6.45) is -2.08. The number of hydrogen-bond acceptors (Lipinski definition) is 2. The van der Waals surface area contributed by atoms with E-state index in [2.05, 4.69) is 5.32 Å². The van der Waals surface area contributed by atoms with Gasteiger partial charge in [0.15, 0.2) is 0 Å². The van der Waals surface area contributed by atoms with E-state index in [-0.39, 0.29) is 12.5 Å². The molecular formula is C13H23F3N2O. The Bertz CT molecular complexity index is 293. The lowest BCUT2D eigenvalue weighted by Crippen LogP contribution is -2.48. The van der Waals surface area contributed by atoms with Crippen LogP contribution in [0.15, 0.2) is 0 Å². The first-order valence-electron chi connectivity index (χ1n) is 6.84. The summed E-state index contributed by atoms with van der Waals surface area (Å²) in [5.41, 5.74) is -0.458. The molecule has 0 spiro atoms. The molecule has 0 unspecified atom stereocenters. The smallest absolute Gasteiger partial charge is 0.345 e.